The molecule has 1 N–H and O–H groups in total. The summed E-state index contributed by atoms with van der Waals surface area (Å²) >= 11 is 0. The lowest BCUT2D eigenvalue weighted by atomic mass is 10.3. The van der Waals surface area contributed by atoms with Gasteiger partial charge in [-0.2, -0.15) is 18.3 Å². The molecular formula is C13H12F3N3O2. The van der Waals surface area contributed by atoms with Crippen molar-refractivity contribution in [3.8, 4) is 5.75 Å². The van der Waals surface area contributed by atoms with Crippen LogP contribution in [0.25, 0.3) is 0 Å². The number of nitrogens with one attached hydrogen (secondary N) is 1. The van der Waals surface area contributed by atoms with Crippen molar-refractivity contribution in [2.75, 3.05) is 12.4 Å². The summed E-state index contributed by atoms with van der Waals surface area (Å²) in [6.07, 6.45) is -3.41. The van der Waals surface area contributed by atoms with E-state index in [2.05, 4.69) is 10.4 Å². The highest BCUT2D eigenvalue weighted by Gasteiger charge is 2.33. The average Bonchev–Trinajstić information content (AvgIpc) is 2.88. The molecule has 0 fully saturated rings. The number of nitrogens with zero attached hydrogens (tertiary/aromatic N) is 2. The monoisotopic (exact) mass is 299 g/mol. The molecule has 0 bridgehead atoms. The minimum atomic E-state index is -4.52. The zero-order valence-electron chi connectivity index (χ0n) is 11.0. The standard InChI is InChI=1S/C13H12F3N3O2/c1-21-10-4-2-9(3-5-10)17-12(20)8-19-7-6-11(18-19)13(14,15)16/h2-7H,8H2,1H3,(H,17,20). The van der Waals surface area contributed by atoms with Crippen molar-refractivity contribution in [2.45, 2.75) is 12.7 Å². The number of aromatic nitrogens is 2. The first-order valence-corrected chi connectivity index (χ1v) is 5.93. The fraction of sp³-hybridized carbons (Fsp3) is 0.231. The van der Waals surface area contributed by atoms with Crippen LogP contribution in [0.3, 0.4) is 0 Å². The normalized spacial score (nSPS) is 11.2. The van der Waals surface area contributed by atoms with E-state index in [4.69, 9.17) is 4.74 Å². The van der Waals surface area contributed by atoms with Gasteiger partial charge >= 0.3 is 6.18 Å². The van der Waals surface area contributed by atoms with Crippen molar-refractivity contribution < 1.29 is 22.7 Å². The Labute approximate surface area is 118 Å². The van der Waals surface area contributed by atoms with Gasteiger partial charge in [-0.05, 0) is 30.3 Å². The average molecular weight is 299 g/mol. The molecule has 0 atom stereocenters. The van der Waals surface area contributed by atoms with Gasteiger partial charge in [-0.15, -0.1) is 0 Å². The number of amides is 1. The molecule has 0 saturated heterocycles. The largest absolute Gasteiger partial charge is 0.497 e. The number of methoxy groups -OCH3 is 1. The van der Waals surface area contributed by atoms with Crippen LogP contribution in [0.1, 0.15) is 5.69 Å². The van der Waals surface area contributed by atoms with Gasteiger partial charge in [-0.1, -0.05) is 0 Å². The molecule has 0 aliphatic carbocycles. The number of rotatable bonds is 4. The van der Waals surface area contributed by atoms with Gasteiger partial charge in [0, 0.05) is 11.9 Å². The number of benzene rings is 1. The lowest BCUT2D eigenvalue weighted by Crippen LogP contribution is -2.19. The Morgan fingerprint density at radius 2 is 1.95 bits per heavy atom. The van der Waals surface area contributed by atoms with E-state index in [1.54, 1.807) is 24.3 Å². The first kappa shape index (κ1) is 14.9. The molecule has 0 spiro atoms. The Morgan fingerprint density at radius 3 is 2.48 bits per heavy atom. The third kappa shape index (κ3) is 3.98. The Kier molecular flexibility index (Phi) is 4.15. The number of hydrogen-bond acceptors (Lipinski definition) is 3. The quantitative estimate of drug-likeness (QED) is 0.944. The predicted octanol–water partition coefficient (Wildman–Crippen LogP) is 2.55. The van der Waals surface area contributed by atoms with Crippen molar-refractivity contribution in [1.29, 1.82) is 0 Å². The van der Waals surface area contributed by atoms with Crippen LogP contribution in [-0.4, -0.2) is 22.8 Å². The van der Waals surface area contributed by atoms with Crippen molar-refractivity contribution in [3.63, 3.8) is 0 Å². The molecule has 0 aliphatic rings. The second kappa shape index (κ2) is 5.86. The Balaban J connectivity index is 1.96. The molecule has 2 rings (SSSR count). The fourth-order valence-corrected chi connectivity index (χ4v) is 1.62. The number of alkyl halides is 3. The number of anilines is 1. The maximum absolute atomic E-state index is 12.4. The molecule has 112 valence electrons. The van der Waals surface area contributed by atoms with Crippen molar-refractivity contribution in [2.24, 2.45) is 0 Å². The highest BCUT2D eigenvalue weighted by atomic mass is 19.4. The summed E-state index contributed by atoms with van der Waals surface area (Å²) in [6, 6.07) is 7.39. The summed E-state index contributed by atoms with van der Waals surface area (Å²) in [5.41, 5.74) is -0.510. The lowest BCUT2D eigenvalue weighted by Gasteiger charge is -2.06. The molecule has 1 aromatic heterocycles. The molecular weight excluding hydrogens is 287 g/mol. The molecule has 2 aromatic rings. The van der Waals surface area contributed by atoms with Gasteiger partial charge in [0.2, 0.25) is 5.91 Å². The highest BCUT2D eigenvalue weighted by Crippen LogP contribution is 2.27. The number of carbonyl (C=O) groups is 1. The molecule has 1 amide bonds. The van der Waals surface area contributed by atoms with E-state index >= 15 is 0 Å². The van der Waals surface area contributed by atoms with Gasteiger partial charge in [-0.25, -0.2) is 0 Å². The minimum Gasteiger partial charge on any atom is -0.497 e. The topological polar surface area (TPSA) is 56.1 Å². The lowest BCUT2D eigenvalue weighted by molar-refractivity contribution is -0.141. The van der Waals surface area contributed by atoms with E-state index in [1.807, 2.05) is 0 Å². The van der Waals surface area contributed by atoms with Gasteiger partial charge in [0.05, 0.1) is 7.11 Å². The first-order chi connectivity index (χ1) is 9.88. The fourth-order valence-electron chi connectivity index (χ4n) is 1.62. The Bertz CT molecular complexity index is 620. The first-order valence-electron chi connectivity index (χ1n) is 5.93. The van der Waals surface area contributed by atoms with E-state index in [1.165, 1.54) is 7.11 Å². The smallest absolute Gasteiger partial charge is 0.435 e. The maximum atomic E-state index is 12.4. The van der Waals surface area contributed by atoms with Crippen LogP contribution in [0.4, 0.5) is 18.9 Å². The Hall–Kier alpha value is -2.51. The summed E-state index contributed by atoms with van der Waals surface area (Å²) in [5, 5.41) is 5.85. The number of carbonyl (C=O) groups excluding carboxylic acids is 1. The maximum Gasteiger partial charge on any atom is 0.435 e. The third-order valence-corrected chi connectivity index (χ3v) is 2.61. The molecule has 0 saturated carbocycles. The van der Waals surface area contributed by atoms with Crippen LogP contribution >= 0.6 is 0 Å². The molecule has 21 heavy (non-hydrogen) atoms. The number of hydrogen-bond donors (Lipinski definition) is 1. The van der Waals surface area contributed by atoms with Gasteiger partial charge in [-0.3, -0.25) is 9.48 Å². The molecule has 8 heteroatoms. The molecule has 1 heterocycles. The Morgan fingerprint density at radius 1 is 1.29 bits per heavy atom. The SMILES string of the molecule is COc1ccc(NC(=O)Cn2ccc(C(F)(F)F)n2)cc1. The van der Waals surface area contributed by atoms with Crippen LogP contribution in [0, 0.1) is 0 Å². The summed E-state index contributed by atoms with van der Waals surface area (Å²) in [5.74, 6) is 0.159. The summed E-state index contributed by atoms with van der Waals surface area (Å²) in [7, 11) is 1.52. The van der Waals surface area contributed by atoms with Crippen molar-refractivity contribution in [3.05, 3.63) is 42.2 Å². The van der Waals surface area contributed by atoms with E-state index in [9.17, 15) is 18.0 Å². The second-order valence-electron chi connectivity index (χ2n) is 4.17. The van der Waals surface area contributed by atoms with Gasteiger partial charge in [0.15, 0.2) is 5.69 Å². The molecule has 0 unspecified atom stereocenters. The van der Waals surface area contributed by atoms with Crippen molar-refractivity contribution in [1.82, 2.24) is 9.78 Å². The predicted molar refractivity (Wildman–Crippen MR) is 68.9 cm³/mol. The second-order valence-corrected chi connectivity index (χ2v) is 4.17. The van der Waals surface area contributed by atoms with Gasteiger partial charge in [0.25, 0.3) is 0 Å². The van der Waals surface area contributed by atoms with Gasteiger partial charge < -0.3 is 10.1 Å². The zero-order chi connectivity index (χ0) is 15.5. The van der Waals surface area contributed by atoms with E-state index < -0.39 is 17.8 Å². The molecule has 1 aromatic carbocycles. The van der Waals surface area contributed by atoms with Crippen LogP contribution in [-0.2, 0) is 17.5 Å². The van der Waals surface area contributed by atoms with E-state index in [0.29, 0.717) is 11.4 Å². The number of halogens is 3. The highest BCUT2D eigenvalue weighted by molar-refractivity contribution is 5.90. The minimum absolute atomic E-state index is 0.303. The van der Waals surface area contributed by atoms with Gasteiger partial charge in [0.1, 0.15) is 12.3 Å². The van der Waals surface area contributed by atoms with Crippen LogP contribution in [0.5, 0.6) is 5.75 Å². The zero-order valence-corrected chi connectivity index (χ0v) is 11.0. The van der Waals surface area contributed by atoms with Crippen LogP contribution in [0.15, 0.2) is 36.5 Å². The summed E-state index contributed by atoms with van der Waals surface area (Å²) in [6.45, 7) is -0.303. The molecule has 5 nitrogen and oxygen atoms in total. The molecule has 0 radical (unpaired) electrons. The van der Waals surface area contributed by atoms with E-state index in [-0.39, 0.29) is 6.54 Å². The van der Waals surface area contributed by atoms with Crippen LogP contribution in [0.2, 0.25) is 0 Å². The molecule has 0 aliphatic heterocycles. The van der Waals surface area contributed by atoms with Crippen molar-refractivity contribution >= 4 is 11.6 Å². The number of ether oxygens (including phenoxy) is 1. The van der Waals surface area contributed by atoms with Crippen LogP contribution < -0.4 is 10.1 Å². The van der Waals surface area contributed by atoms with E-state index in [0.717, 1.165) is 16.9 Å². The summed E-state index contributed by atoms with van der Waals surface area (Å²) < 4.78 is 43.0. The third-order valence-electron chi connectivity index (χ3n) is 2.61. The summed E-state index contributed by atoms with van der Waals surface area (Å²) in [4.78, 5) is 11.7.